The summed E-state index contributed by atoms with van der Waals surface area (Å²) in [6, 6.07) is 0. The maximum absolute atomic E-state index is 12.1. The van der Waals surface area contributed by atoms with Crippen molar-refractivity contribution >= 4 is 13.3 Å². The third-order valence-corrected chi connectivity index (χ3v) is 6.62. The highest BCUT2D eigenvalue weighted by atomic mass is 31.2. The second kappa shape index (κ2) is 16.6. The van der Waals surface area contributed by atoms with Crippen LogP contribution < -0.4 is 0 Å². The zero-order chi connectivity index (χ0) is 19.7. The normalized spacial score (nSPS) is 13.3. The number of ether oxygens (including phenoxy) is 1. The highest BCUT2D eigenvalue weighted by molar-refractivity contribution is 7.57. The number of hydrogen-bond donors (Lipinski definition) is 1. The maximum Gasteiger partial charge on any atom is 0.333 e. The van der Waals surface area contributed by atoms with Gasteiger partial charge in [-0.2, -0.15) is 0 Å². The standard InChI is InChI=1S/C21H41O4P/c1-4-5-6-7-8-9-10-11-12-15-18-26(23,24)19-16-13-14-17-25-21(22)20(2)3/h2,4-19H2,1,3H3,(H,23,24). The lowest BCUT2D eigenvalue weighted by molar-refractivity contribution is -0.139. The Labute approximate surface area is 161 Å². The molecule has 1 atom stereocenters. The first-order valence-electron chi connectivity index (χ1n) is 10.5. The van der Waals surface area contributed by atoms with Crippen LogP contribution in [0.5, 0.6) is 0 Å². The Morgan fingerprint density at radius 1 is 0.846 bits per heavy atom. The molecular weight excluding hydrogens is 347 g/mol. The molecule has 0 aliphatic carbocycles. The molecule has 0 radical (unpaired) electrons. The molecular formula is C21H41O4P. The van der Waals surface area contributed by atoms with Crippen molar-refractivity contribution in [3.05, 3.63) is 12.2 Å². The Hall–Kier alpha value is -0.600. The summed E-state index contributed by atoms with van der Waals surface area (Å²) in [5.74, 6) is -0.362. The highest BCUT2D eigenvalue weighted by Crippen LogP contribution is 2.42. The van der Waals surface area contributed by atoms with E-state index < -0.39 is 7.37 Å². The van der Waals surface area contributed by atoms with Crippen LogP contribution >= 0.6 is 7.37 Å². The van der Waals surface area contributed by atoms with Gasteiger partial charge in [-0.15, -0.1) is 0 Å². The van der Waals surface area contributed by atoms with Gasteiger partial charge in [0.15, 0.2) is 0 Å². The Kier molecular flexibility index (Phi) is 16.2. The number of unbranched alkanes of at least 4 members (excludes halogenated alkanes) is 11. The summed E-state index contributed by atoms with van der Waals surface area (Å²) in [5, 5.41) is 0. The van der Waals surface area contributed by atoms with E-state index in [2.05, 4.69) is 13.5 Å². The summed E-state index contributed by atoms with van der Waals surface area (Å²) in [6.07, 6.45) is 15.5. The smallest absolute Gasteiger partial charge is 0.333 e. The molecule has 0 amide bonds. The van der Waals surface area contributed by atoms with Crippen LogP contribution in [-0.2, 0) is 14.1 Å². The molecule has 1 N–H and O–H groups in total. The Bertz CT molecular complexity index is 420. The monoisotopic (exact) mass is 388 g/mol. The molecule has 0 spiro atoms. The van der Waals surface area contributed by atoms with Gasteiger partial charge < -0.3 is 9.63 Å². The van der Waals surface area contributed by atoms with Crippen molar-refractivity contribution in [3.63, 3.8) is 0 Å². The lowest BCUT2D eigenvalue weighted by Gasteiger charge is -2.11. The van der Waals surface area contributed by atoms with E-state index in [1.54, 1.807) is 6.92 Å². The fraction of sp³-hybridized carbons (Fsp3) is 0.857. The van der Waals surface area contributed by atoms with Crippen LogP contribution in [-0.4, -0.2) is 29.8 Å². The molecule has 0 aliphatic rings. The van der Waals surface area contributed by atoms with E-state index in [0.717, 1.165) is 32.1 Å². The highest BCUT2D eigenvalue weighted by Gasteiger charge is 2.16. The zero-order valence-corrected chi connectivity index (χ0v) is 18.0. The number of carbonyl (C=O) groups is 1. The van der Waals surface area contributed by atoms with Gasteiger partial charge in [-0.3, -0.25) is 4.57 Å². The molecule has 0 fully saturated rings. The van der Waals surface area contributed by atoms with E-state index in [4.69, 9.17) is 4.74 Å². The molecule has 5 heteroatoms. The van der Waals surface area contributed by atoms with Crippen LogP contribution in [0.1, 0.15) is 97.3 Å². The van der Waals surface area contributed by atoms with Gasteiger partial charge in [0, 0.05) is 17.9 Å². The van der Waals surface area contributed by atoms with E-state index in [1.807, 2.05) is 0 Å². The predicted octanol–water partition coefficient (Wildman–Crippen LogP) is 6.47. The second-order valence-corrected chi connectivity index (χ2v) is 10.0. The lowest BCUT2D eigenvalue weighted by Crippen LogP contribution is -2.06. The van der Waals surface area contributed by atoms with Crippen LogP contribution in [0.3, 0.4) is 0 Å². The molecule has 26 heavy (non-hydrogen) atoms. The molecule has 0 saturated heterocycles. The quantitative estimate of drug-likeness (QED) is 0.126. The number of hydrogen-bond acceptors (Lipinski definition) is 3. The van der Waals surface area contributed by atoms with Crippen LogP contribution in [0.25, 0.3) is 0 Å². The van der Waals surface area contributed by atoms with Crippen molar-refractivity contribution in [2.75, 3.05) is 18.9 Å². The van der Waals surface area contributed by atoms with E-state index in [0.29, 0.717) is 24.5 Å². The molecule has 0 aromatic heterocycles. The third kappa shape index (κ3) is 16.8. The first kappa shape index (κ1) is 25.4. The third-order valence-electron chi connectivity index (χ3n) is 4.59. The van der Waals surface area contributed by atoms with Gasteiger partial charge in [-0.25, -0.2) is 4.79 Å². The van der Waals surface area contributed by atoms with Crippen LogP contribution in [0.2, 0.25) is 0 Å². The second-order valence-electron chi connectivity index (χ2n) is 7.45. The van der Waals surface area contributed by atoms with Gasteiger partial charge in [0.25, 0.3) is 0 Å². The molecule has 0 aliphatic heterocycles. The summed E-state index contributed by atoms with van der Waals surface area (Å²) in [4.78, 5) is 21.2. The van der Waals surface area contributed by atoms with Crippen molar-refractivity contribution in [1.29, 1.82) is 0 Å². The van der Waals surface area contributed by atoms with Crippen molar-refractivity contribution in [2.45, 2.75) is 97.3 Å². The van der Waals surface area contributed by atoms with Gasteiger partial charge in [-0.05, 0) is 32.6 Å². The lowest BCUT2D eigenvalue weighted by atomic mass is 10.1. The van der Waals surface area contributed by atoms with E-state index >= 15 is 0 Å². The number of esters is 1. The van der Waals surface area contributed by atoms with Gasteiger partial charge in [-0.1, -0.05) is 71.3 Å². The minimum absolute atomic E-state index is 0.361. The molecule has 1 unspecified atom stereocenters. The molecule has 0 rings (SSSR count). The van der Waals surface area contributed by atoms with Crippen molar-refractivity contribution in [3.8, 4) is 0 Å². The molecule has 4 nitrogen and oxygen atoms in total. The van der Waals surface area contributed by atoms with Gasteiger partial charge in [0.05, 0.1) is 6.61 Å². The fourth-order valence-electron chi connectivity index (χ4n) is 2.88. The minimum Gasteiger partial charge on any atom is -0.462 e. The Morgan fingerprint density at radius 3 is 1.73 bits per heavy atom. The summed E-state index contributed by atoms with van der Waals surface area (Å²) >= 11 is 0. The summed E-state index contributed by atoms with van der Waals surface area (Å²) in [6.45, 7) is 7.75. The van der Waals surface area contributed by atoms with Crippen LogP contribution in [0.15, 0.2) is 12.2 Å². The molecule has 154 valence electrons. The van der Waals surface area contributed by atoms with Gasteiger partial charge >= 0.3 is 5.97 Å². The van der Waals surface area contributed by atoms with E-state index in [-0.39, 0.29) is 5.97 Å². The van der Waals surface area contributed by atoms with Crippen molar-refractivity contribution in [1.82, 2.24) is 0 Å². The SMILES string of the molecule is C=C(C)C(=O)OCCCCCP(=O)(O)CCCCCCCCCCCC. The molecule has 0 aromatic carbocycles. The number of rotatable bonds is 18. The van der Waals surface area contributed by atoms with Crippen LogP contribution in [0, 0.1) is 0 Å². The first-order valence-corrected chi connectivity index (χ1v) is 12.6. The Morgan fingerprint density at radius 2 is 1.27 bits per heavy atom. The molecule has 0 bridgehead atoms. The summed E-state index contributed by atoms with van der Waals surface area (Å²) in [7, 11) is -2.97. The predicted molar refractivity (Wildman–Crippen MR) is 111 cm³/mol. The summed E-state index contributed by atoms with van der Waals surface area (Å²) in [5.41, 5.74) is 0.404. The molecule has 0 heterocycles. The molecule has 0 aromatic rings. The summed E-state index contributed by atoms with van der Waals surface area (Å²) < 4.78 is 17.1. The topological polar surface area (TPSA) is 63.6 Å². The van der Waals surface area contributed by atoms with Crippen molar-refractivity contribution < 1.29 is 19.0 Å². The van der Waals surface area contributed by atoms with Crippen LogP contribution in [0.4, 0.5) is 0 Å². The zero-order valence-electron chi connectivity index (χ0n) is 17.1. The van der Waals surface area contributed by atoms with E-state index in [1.165, 1.54) is 51.4 Å². The van der Waals surface area contributed by atoms with E-state index in [9.17, 15) is 14.3 Å². The average molecular weight is 389 g/mol. The van der Waals surface area contributed by atoms with Crippen molar-refractivity contribution in [2.24, 2.45) is 0 Å². The van der Waals surface area contributed by atoms with Gasteiger partial charge in [0.2, 0.25) is 7.37 Å². The first-order chi connectivity index (χ1) is 12.4. The Balaban J connectivity index is 3.46. The molecule has 0 saturated carbocycles. The largest absolute Gasteiger partial charge is 0.462 e. The average Bonchev–Trinajstić information content (AvgIpc) is 2.59. The fourth-order valence-corrected chi connectivity index (χ4v) is 4.54. The number of carbonyl (C=O) groups excluding carboxylic acids is 1. The van der Waals surface area contributed by atoms with Gasteiger partial charge in [0.1, 0.15) is 0 Å². The minimum atomic E-state index is -2.97. The maximum atomic E-state index is 12.1.